The van der Waals surface area contributed by atoms with Crippen molar-refractivity contribution in [2.24, 2.45) is 0 Å². The highest BCUT2D eigenvalue weighted by atomic mass is 35.5. The third-order valence-corrected chi connectivity index (χ3v) is 5.46. The zero-order valence-electron chi connectivity index (χ0n) is 17.5. The number of hydrogen-bond donors (Lipinski definition) is 0. The Bertz CT molecular complexity index is 1340. The molecule has 1 heterocycles. The molecule has 0 amide bonds. The fourth-order valence-corrected chi connectivity index (χ4v) is 3.60. The molecule has 4 aromatic carbocycles. The highest BCUT2D eigenvalue weighted by Crippen LogP contribution is 2.25. The highest BCUT2D eigenvalue weighted by Gasteiger charge is 2.13. The maximum Gasteiger partial charge on any atom is 0.193 e. The van der Waals surface area contributed by atoms with Crippen LogP contribution in [0.3, 0.4) is 0 Å². The second-order valence-electron chi connectivity index (χ2n) is 7.45. The number of hydrogen-bond acceptors (Lipinski definition) is 4. The molecule has 0 aliphatic rings. The quantitative estimate of drug-likeness (QED) is 0.279. The first kappa shape index (κ1) is 20.7. The van der Waals surface area contributed by atoms with Crippen LogP contribution in [0, 0.1) is 0 Å². The van der Waals surface area contributed by atoms with Crippen LogP contribution in [-0.4, -0.2) is 20.7 Å². The second kappa shape index (κ2) is 9.15. The number of rotatable bonds is 5. The van der Waals surface area contributed by atoms with Crippen molar-refractivity contribution in [1.29, 1.82) is 0 Å². The first-order valence-electron chi connectivity index (χ1n) is 10.4. The SMILES string of the molecule is O=C(c1ccc(Cl)cc1)c1ccc(-c2nc(-c3ccccc3)nc(-c3ccccc3)n2)cc1. The van der Waals surface area contributed by atoms with Crippen LogP contribution < -0.4 is 0 Å². The maximum absolute atomic E-state index is 12.8. The second-order valence-corrected chi connectivity index (χ2v) is 7.89. The van der Waals surface area contributed by atoms with Crippen molar-refractivity contribution in [3.05, 3.63) is 125 Å². The van der Waals surface area contributed by atoms with E-state index in [1.807, 2.05) is 72.8 Å². The van der Waals surface area contributed by atoms with E-state index in [4.69, 9.17) is 26.6 Å². The number of carbonyl (C=O) groups excluding carboxylic acids is 1. The lowest BCUT2D eigenvalue weighted by atomic mass is 10.0. The largest absolute Gasteiger partial charge is 0.289 e. The summed E-state index contributed by atoms with van der Waals surface area (Å²) in [7, 11) is 0. The predicted molar refractivity (Wildman–Crippen MR) is 131 cm³/mol. The van der Waals surface area contributed by atoms with E-state index in [0.29, 0.717) is 33.6 Å². The summed E-state index contributed by atoms with van der Waals surface area (Å²) in [5.74, 6) is 1.68. The van der Waals surface area contributed by atoms with E-state index >= 15 is 0 Å². The van der Waals surface area contributed by atoms with E-state index in [-0.39, 0.29) is 5.78 Å². The van der Waals surface area contributed by atoms with Gasteiger partial charge in [0, 0.05) is 32.8 Å². The van der Waals surface area contributed by atoms with Gasteiger partial charge in [0.2, 0.25) is 0 Å². The van der Waals surface area contributed by atoms with Crippen LogP contribution in [0.15, 0.2) is 109 Å². The summed E-state index contributed by atoms with van der Waals surface area (Å²) in [4.78, 5) is 26.9. The van der Waals surface area contributed by atoms with Gasteiger partial charge in [0.05, 0.1) is 0 Å². The van der Waals surface area contributed by atoms with Crippen LogP contribution in [0.1, 0.15) is 15.9 Å². The standard InChI is InChI=1S/C28H18ClN3O/c29-24-17-15-20(16-18-24)25(33)19-11-13-23(14-12-19)28-31-26(21-7-3-1-4-8-21)30-27(32-28)22-9-5-2-6-10-22/h1-18H. The van der Waals surface area contributed by atoms with Crippen molar-refractivity contribution >= 4 is 17.4 Å². The van der Waals surface area contributed by atoms with Gasteiger partial charge in [-0.05, 0) is 24.3 Å². The van der Waals surface area contributed by atoms with Gasteiger partial charge in [-0.3, -0.25) is 4.79 Å². The van der Waals surface area contributed by atoms with Gasteiger partial charge in [0.1, 0.15) is 0 Å². The molecule has 33 heavy (non-hydrogen) atoms. The summed E-state index contributed by atoms with van der Waals surface area (Å²) >= 11 is 5.93. The van der Waals surface area contributed by atoms with Crippen LogP contribution in [-0.2, 0) is 0 Å². The minimum Gasteiger partial charge on any atom is -0.289 e. The summed E-state index contributed by atoms with van der Waals surface area (Å²) < 4.78 is 0. The number of ketones is 1. The number of benzene rings is 4. The van der Waals surface area contributed by atoms with Crippen LogP contribution >= 0.6 is 11.6 Å². The summed E-state index contributed by atoms with van der Waals surface area (Å²) in [5, 5.41) is 0.597. The average molecular weight is 448 g/mol. The zero-order valence-corrected chi connectivity index (χ0v) is 18.3. The van der Waals surface area contributed by atoms with Crippen LogP contribution in [0.4, 0.5) is 0 Å². The molecule has 158 valence electrons. The summed E-state index contributed by atoms with van der Waals surface area (Å²) in [6.07, 6.45) is 0. The summed E-state index contributed by atoms with van der Waals surface area (Å²) in [6.45, 7) is 0. The molecule has 0 radical (unpaired) electrons. The average Bonchev–Trinajstić information content (AvgIpc) is 2.89. The van der Waals surface area contributed by atoms with Gasteiger partial charge in [0.15, 0.2) is 23.3 Å². The Morgan fingerprint density at radius 1 is 0.485 bits per heavy atom. The van der Waals surface area contributed by atoms with Crippen molar-refractivity contribution in [3.63, 3.8) is 0 Å². The maximum atomic E-state index is 12.8. The predicted octanol–water partition coefficient (Wildman–Crippen LogP) is 6.76. The number of aromatic nitrogens is 3. The Kier molecular flexibility index (Phi) is 5.75. The molecule has 0 saturated heterocycles. The highest BCUT2D eigenvalue weighted by molar-refractivity contribution is 6.30. The van der Waals surface area contributed by atoms with Crippen LogP contribution in [0.25, 0.3) is 34.2 Å². The molecule has 0 fully saturated rings. The van der Waals surface area contributed by atoms with Gasteiger partial charge in [-0.25, -0.2) is 15.0 Å². The van der Waals surface area contributed by atoms with Gasteiger partial charge in [-0.1, -0.05) is 96.5 Å². The Morgan fingerprint density at radius 3 is 1.27 bits per heavy atom. The molecule has 5 heteroatoms. The van der Waals surface area contributed by atoms with Gasteiger partial charge < -0.3 is 0 Å². The summed E-state index contributed by atoms with van der Waals surface area (Å²) in [6, 6.07) is 33.8. The van der Waals surface area contributed by atoms with E-state index in [1.54, 1.807) is 36.4 Å². The molecule has 5 rings (SSSR count). The minimum atomic E-state index is -0.0659. The van der Waals surface area contributed by atoms with Crippen molar-refractivity contribution in [2.75, 3.05) is 0 Å². The monoisotopic (exact) mass is 447 g/mol. The molecule has 0 bridgehead atoms. The Hall–Kier alpha value is -4.15. The third-order valence-electron chi connectivity index (χ3n) is 5.21. The molecule has 1 aromatic heterocycles. The zero-order chi connectivity index (χ0) is 22.6. The first-order chi connectivity index (χ1) is 16.2. The number of halogens is 1. The van der Waals surface area contributed by atoms with Crippen molar-refractivity contribution in [1.82, 2.24) is 15.0 Å². The lowest BCUT2D eigenvalue weighted by molar-refractivity contribution is 0.103. The number of carbonyl (C=O) groups is 1. The molecule has 0 unspecified atom stereocenters. The molecular formula is C28H18ClN3O. The lowest BCUT2D eigenvalue weighted by Gasteiger charge is -2.09. The van der Waals surface area contributed by atoms with Crippen molar-refractivity contribution in [2.45, 2.75) is 0 Å². The number of nitrogens with zero attached hydrogens (tertiary/aromatic N) is 3. The van der Waals surface area contributed by atoms with Crippen molar-refractivity contribution in [3.8, 4) is 34.2 Å². The molecule has 0 saturated carbocycles. The summed E-state index contributed by atoms with van der Waals surface area (Å²) in [5.41, 5.74) is 3.80. The van der Waals surface area contributed by atoms with E-state index in [0.717, 1.165) is 16.7 Å². The minimum absolute atomic E-state index is 0.0659. The Balaban J connectivity index is 1.54. The first-order valence-corrected chi connectivity index (χ1v) is 10.8. The van der Waals surface area contributed by atoms with E-state index in [2.05, 4.69) is 0 Å². The molecule has 4 nitrogen and oxygen atoms in total. The molecule has 5 aromatic rings. The Labute approximate surface area is 196 Å². The van der Waals surface area contributed by atoms with Crippen molar-refractivity contribution < 1.29 is 4.79 Å². The third kappa shape index (κ3) is 4.56. The molecule has 0 N–H and O–H groups in total. The van der Waals surface area contributed by atoms with Gasteiger partial charge in [-0.15, -0.1) is 0 Å². The fraction of sp³-hybridized carbons (Fsp3) is 0. The molecular weight excluding hydrogens is 430 g/mol. The van der Waals surface area contributed by atoms with Gasteiger partial charge in [0.25, 0.3) is 0 Å². The van der Waals surface area contributed by atoms with E-state index in [9.17, 15) is 4.79 Å². The molecule has 0 spiro atoms. The fourth-order valence-electron chi connectivity index (χ4n) is 3.48. The van der Waals surface area contributed by atoms with Gasteiger partial charge in [-0.2, -0.15) is 0 Å². The van der Waals surface area contributed by atoms with Crippen LogP contribution in [0.5, 0.6) is 0 Å². The molecule has 0 atom stereocenters. The van der Waals surface area contributed by atoms with Crippen LogP contribution in [0.2, 0.25) is 5.02 Å². The topological polar surface area (TPSA) is 55.7 Å². The molecule has 0 aliphatic heterocycles. The normalized spacial score (nSPS) is 10.7. The smallest absolute Gasteiger partial charge is 0.193 e. The van der Waals surface area contributed by atoms with E-state index < -0.39 is 0 Å². The Morgan fingerprint density at radius 2 is 0.848 bits per heavy atom. The lowest BCUT2D eigenvalue weighted by Crippen LogP contribution is -2.02. The van der Waals surface area contributed by atoms with Gasteiger partial charge >= 0.3 is 0 Å². The molecule has 0 aliphatic carbocycles. The van der Waals surface area contributed by atoms with E-state index in [1.165, 1.54) is 0 Å².